The van der Waals surface area contributed by atoms with Gasteiger partial charge in [0.1, 0.15) is 11.9 Å². The maximum Gasteiger partial charge on any atom is 0.221 e. The van der Waals surface area contributed by atoms with Gasteiger partial charge in [-0.3, -0.25) is 0 Å². The van der Waals surface area contributed by atoms with E-state index in [4.69, 9.17) is 20.9 Å². The van der Waals surface area contributed by atoms with Gasteiger partial charge in [0, 0.05) is 47.7 Å². The SMILES string of the molecule is Nc1ccnc(Oc2ccc3c(c2)C2CCC3C2Oc2cc(N)ccn2)c1. The van der Waals surface area contributed by atoms with Crippen LogP contribution in [-0.4, -0.2) is 16.1 Å². The van der Waals surface area contributed by atoms with Crippen molar-refractivity contribution in [2.24, 2.45) is 0 Å². The van der Waals surface area contributed by atoms with Gasteiger partial charge in [-0.15, -0.1) is 0 Å². The van der Waals surface area contributed by atoms with Gasteiger partial charge >= 0.3 is 0 Å². The Balaban J connectivity index is 1.40. The molecule has 1 aromatic carbocycles. The number of rotatable bonds is 4. The highest BCUT2D eigenvalue weighted by atomic mass is 16.5. The number of ether oxygens (including phenoxy) is 2. The zero-order valence-electron chi connectivity index (χ0n) is 14.7. The van der Waals surface area contributed by atoms with Gasteiger partial charge in [0.2, 0.25) is 11.8 Å². The van der Waals surface area contributed by atoms with Crippen LogP contribution in [0.25, 0.3) is 0 Å². The van der Waals surface area contributed by atoms with Crippen LogP contribution >= 0.6 is 0 Å². The van der Waals surface area contributed by atoms with E-state index < -0.39 is 0 Å². The number of hydrogen-bond donors (Lipinski definition) is 2. The molecule has 1 fully saturated rings. The van der Waals surface area contributed by atoms with Crippen LogP contribution in [-0.2, 0) is 0 Å². The molecule has 0 spiro atoms. The van der Waals surface area contributed by atoms with E-state index in [-0.39, 0.29) is 6.10 Å². The summed E-state index contributed by atoms with van der Waals surface area (Å²) >= 11 is 0. The van der Waals surface area contributed by atoms with Crippen molar-refractivity contribution in [2.45, 2.75) is 30.8 Å². The van der Waals surface area contributed by atoms with Crippen molar-refractivity contribution in [2.75, 3.05) is 11.5 Å². The number of anilines is 2. The number of nitrogens with zero attached hydrogens (tertiary/aromatic N) is 2. The minimum atomic E-state index is 0.0926. The highest BCUT2D eigenvalue weighted by Crippen LogP contribution is 2.55. The highest BCUT2D eigenvalue weighted by molar-refractivity contribution is 5.49. The smallest absolute Gasteiger partial charge is 0.221 e. The average Bonchev–Trinajstić information content (AvgIpc) is 3.17. The lowest BCUT2D eigenvalue weighted by Gasteiger charge is -2.18. The topological polar surface area (TPSA) is 96.3 Å². The first-order valence-electron chi connectivity index (χ1n) is 9.09. The van der Waals surface area contributed by atoms with Gasteiger partial charge in [0.05, 0.1) is 0 Å². The Morgan fingerprint density at radius 1 is 0.778 bits per heavy atom. The molecule has 1 saturated carbocycles. The van der Waals surface area contributed by atoms with Crippen LogP contribution in [0.4, 0.5) is 11.4 Å². The summed E-state index contributed by atoms with van der Waals surface area (Å²) in [5.74, 6) is 2.57. The second kappa shape index (κ2) is 6.16. The number of pyridine rings is 2. The molecule has 3 atom stereocenters. The fraction of sp³-hybridized carbons (Fsp3) is 0.238. The van der Waals surface area contributed by atoms with E-state index >= 15 is 0 Å². The van der Waals surface area contributed by atoms with Crippen LogP contribution < -0.4 is 20.9 Å². The molecule has 2 aliphatic carbocycles. The summed E-state index contributed by atoms with van der Waals surface area (Å²) < 4.78 is 12.1. The van der Waals surface area contributed by atoms with E-state index in [1.165, 1.54) is 11.1 Å². The Bertz CT molecular complexity index is 1010. The van der Waals surface area contributed by atoms with Crippen LogP contribution in [0, 0.1) is 0 Å². The van der Waals surface area contributed by atoms with Gasteiger partial charge in [-0.05, 0) is 48.2 Å². The molecule has 0 aliphatic heterocycles. The third-order valence-electron chi connectivity index (χ3n) is 5.44. The van der Waals surface area contributed by atoms with Crippen molar-refractivity contribution in [3.8, 4) is 17.5 Å². The van der Waals surface area contributed by atoms with Crippen molar-refractivity contribution in [1.29, 1.82) is 0 Å². The first-order valence-corrected chi connectivity index (χ1v) is 9.09. The molecule has 5 rings (SSSR count). The van der Waals surface area contributed by atoms with Gasteiger partial charge < -0.3 is 20.9 Å². The first-order chi connectivity index (χ1) is 13.2. The molecular formula is C21H20N4O2. The normalized spacial score (nSPS) is 22.4. The molecule has 3 aromatic rings. The third kappa shape index (κ3) is 2.83. The number of nitrogen functional groups attached to an aromatic ring is 2. The number of nitrogens with two attached hydrogens (primary N) is 2. The summed E-state index contributed by atoms with van der Waals surface area (Å²) in [5.41, 5.74) is 15.6. The molecule has 2 aliphatic rings. The lowest BCUT2D eigenvalue weighted by atomic mass is 9.92. The summed E-state index contributed by atoms with van der Waals surface area (Å²) in [4.78, 5) is 8.51. The van der Waals surface area contributed by atoms with E-state index in [0.717, 1.165) is 18.6 Å². The van der Waals surface area contributed by atoms with E-state index in [2.05, 4.69) is 22.1 Å². The Hall–Kier alpha value is -3.28. The first kappa shape index (κ1) is 15.9. The monoisotopic (exact) mass is 360 g/mol. The molecule has 2 aromatic heterocycles. The zero-order chi connectivity index (χ0) is 18.4. The van der Waals surface area contributed by atoms with E-state index in [9.17, 15) is 0 Å². The van der Waals surface area contributed by atoms with Crippen LogP contribution in [0.3, 0.4) is 0 Å². The number of benzene rings is 1. The molecule has 0 amide bonds. The number of fused-ring (bicyclic) bond motifs is 5. The zero-order valence-corrected chi connectivity index (χ0v) is 14.7. The molecule has 3 unspecified atom stereocenters. The molecule has 2 heterocycles. The Morgan fingerprint density at radius 3 is 2.19 bits per heavy atom. The van der Waals surface area contributed by atoms with Crippen molar-refractivity contribution in [3.63, 3.8) is 0 Å². The molecule has 0 saturated heterocycles. The van der Waals surface area contributed by atoms with Crippen molar-refractivity contribution >= 4 is 11.4 Å². The summed E-state index contributed by atoms with van der Waals surface area (Å²) in [5, 5.41) is 0. The Morgan fingerprint density at radius 2 is 1.44 bits per heavy atom. The van der Waals surface area contributed by atoms with Crippen LogP contribution in [0.2, 0.25) is 0 Å². The van der Waals surface area contributed by atoms with Gasteiger partial charge in [-0.2, -0.15) is 0 Å². The second-order valence-electron chi connectivity index (χ2n) is 7.12. The lowest BCUT2D eigenvalue weighted by Crippen LogP contribution is -2.20. The summed E-state index contributed by atoms with van der Waals surface area (Å²) in [6.45, 7) is 0. The highest BCUT2D eigenvalue weighted by Gasteiger charge is 2.47. The molecular weight excluding hydrogens is 340 g/mol. The minimum absolute atomic E-state index is 0.0926. The van der Waals surface area contributed by atoms with E-state index in [0.29, 0.717) is 35.0 Å². The predicted molar refractivity (Wildman–Crippen MR) is 103 cm³/mol. The van der Waals surface area contributed by atoms with Crippen molar-refractivity contribution in [3.05, 3.63) is 66.0 Å². The van der Waals surface area contributed by atoms with E-state index in [1.807, 2.05) is 6.07 Å². The summed E-state index contributed by atoms with van der Waals surface area (Å²) in [6, 6.07) is 13.2. The van der Waals surface area contributed by atoms with Gasteiger partial charge in [0.25, 0.3) is 0 Å². The molecule has 6 heteroatoms. The van der Waals surface area contributed by atoms with Gasteiger partial charge in [-0.1, -0.05) is 6.07 Å². The van der Waals surface area contributed by atoms with E-state index in [1.54, 1.807) is 36.7 Å². The Labute approximate surface area is 157 Å². The molecule has 6 nitrogen and oxygen atoms in total. The number of aromatic nitrogens is 2. The van der Waals surface area contributed by atoms with Crippen LogP contribution in [0.5, 0.6) is 17.5 Å². The fourth-order valence-corrected chi connectivity index (χ4v) is 4.30. The second-order valence-corrected chi connectivity index (χ2v) is 7.12. The van der Waals surface area contributed by atoms with Crippen LogP contribution in [0.1, 0.15) is 35.8 Å². The summed E-state index contributed by atoms with van der Waals surface area (Å²) in [6.07, 6.45) is 5.64. The van der Waals surface area contributed by atoms with Gasteiger partial charge in [0.15, 0.2) is 0 Å². The molecule has 4 N–H and O–H groups in total. The number of hydrogen-bond acceptors (Lipinski definition) is 6. The summed E-state index contributed by atoms with van der Waals surface area (Å²) in [7, 11) is 0. The fourth-order valence-electron chi connectivity index (χ4n) is 4.30. The molecule has 0 radical (unpaired) electrons. The Kier molecular flexibility index (Phi) is 3.63. The third-order valence-corrected chi connectivity index (χ3v) is 5.44. The molecule has 2 bridgehead atoms. The minimum Gasteiger partial charge on any atom is -0.473 e. The molecule has 136 valence electrons. The van der Waals surface area contributed by atoms with Crippen molar-refractivity contribution in [1.82, 2.24) is 9.97 Å². The quantitative estimate of drug-likeness (QED) is 0.733. The maximum atomic E-state index is 6.24. The standard InChI is InChI=1S/C21H20N4O2/c22-12-5-7-24-19(9-12)26-14-1-2-15-16-3-4-17(18(15)11-14)21(16)27-20-10-13(23)6-8-25-20/h1-2,5-11,16-17,21H,3-4H2,(H2,22,24)(H2,23,25). The predicted octanol–water partition coefficient (Wildman–Crippen LogP) is 3.86. The maximum absolute atomic E-state index is 6.24. The van der Waals surface area contributed by atoms with Crippen LogP contribution in [0.15, 0.2) is 54.9 Å². The lowest BCUT2D eigenvalue weighted by molar-refractivity contribution is 0.178. The largest absolute Gasteiger partial charge is 0.473 e. The molecule has 27 heavy (non-hydrogen) atoms. The van der Waals surface area contributed by atoms with Crippen molar-refractivity contribution < 1.29 is 9.47 Å². The average molecular weight is 360 g/mol. The van der Waals surface area contributed by atoms with Gasteiger partial charge in [-0.25, -0.2) is 9.97 Å².